The Kier molecular flexibility index (Phi) is 5.76. The molecule has 0 aliphatic rings. The second-order valence-electron chi connectivity index (χ2n) is 5.61. The number of carbonyl (C=O) groups excluding carboxylic acids is 1. The van der Waals surface area contributed by atoms with E-state index in [1.807, 2.05) is 0 Å². The van der Waals surface area contributed by atoms with Crippen molar-refractivity contribution in [3.8, 4) is 5.88 Å². The molecule has 2 rings (SSSR count). The first kappa shape index (κ1) is 20.3. The van der Waals surface area contributed by atoms with E-state index < -0.39 is 21.6 Å². The third-order valence-electron chi connectivity index (χ3n) is 3.88. The number of nitrogens with zero attached hydrogens (tertiary/aromatic N) is 3. The zero-order valence-electron chi connectivity index (χ0n) is 14.8. The van der Waals surface area contributed by atoms with E-state index in [-0.39, 0.29) is 39.6 Å². The van der Waals surface area contributed by atoms with Crippen molar-refractivity contribution in [3.63, 3.8) is 0 Å². The Morgan fingerprint density at radius 2 is 1.93 bits per heavy atom. The van der Waals surface area contributed by atoms with Gasteiger partial charge in [-0.25, -0.2) is 0 Å². The number of rotatable bonds is 6. The van der Waals surface area contributed by atoms with Crippen LogP contribution in [0.25, 0.3) is 0 Å². The lowest BCUT2D eigenvalue weighted by Gasteiger charge is -2.13. The fraction of sp³-hybridized carbons (Fsp3) is 0.250. The highest BCUT2D eigenvalue weighted by molar-refractivity contribution is 7.85. The van der Waals surface area contributed by atoms with Crippen LogP contribution in [0.5, 0.6) is 5.88 Å². The molecule has 3 N–H and O–H groups in total. The molecule has 0 saturated carbocycles. The quantitative estimate of drug-likeness (QED) is 0.389. The number of nitrogens with one attached hydrogen (secondary N) is 1. The topological polar surface area (TPSA) is 150 Å². The monoisotopic (exact) mass is 394 g/mol. The zero-order chi connectivity index (χ0) is 20.4. The van der Waals surface area contributed by atoms with Crippen LogP contribution in [0.3, 0.4) is 0 Å². The molecule has 0 fully saturated rings. The normalized spacial score (nSPS) is 11.7. The summed E-state index contributed by atoms with van der Waals surface area (Å²) < 4.78 is 32.6. The first-order valence-corrected chi connectivity index (χ1v) is 9.22. The van der Waals surface area contributed by atoms with E-state index in [4.69, 9.17) is 4.55 Å². The zero-order valence-corrected chi connectivity index (χ0v) is 15.6. The number of azo groups is 1. The standard InChI is InChI=1S/C16H18N4O6S/c1-4-20-15(22)13(17-8-21)10(3)14(16(20)23)19-18-11-5-6-12(9(2)7-11)27(24,25)26/h5-8,23H,4H2,1-3H3,(H,17,21)(H,24,25,26). The SMILES string of the molecule is CCn1c(O)c(N=Nc2ccc(S(=O)(=O)O)c(C)c2)c(C)c(NC=O)c1=O. The molecule has 1 heterocycles. The smallest absolute Gasteiger partial charge is 0.294 e. The van der Waals surface area contributed by atoms with Crippen molar-refractivity contribution in [2.75, 3.05) is 5.32 Å². The van der Waals surface area contributed by atoms with Crippen LogP contribution in [0, 0.1) is 13.8 Å². The average Bonchev–Trinajstić information content (AvgIpc) is 2.58. The van der Waals surface area contributed by atoms with Crippen molar-refractivity contribution in [1.82, 2.24) is 4.57 Å². The maximum absolute atomic E-state index is 12.3. The van der Waals surface area contributed by atoms with Gasteiger partial charge < -0.3 is 10.4 Å². The number of aromatic nitrogens is 1. The van der Waals surface area contributed by atoms with Crippen molar-refractivity contribution >= 4 is 33.6 Å². The molecule has 0 bridgehead atoms. The minimum Gasteiger partial charge on any atom is -0.493 e. The Morgan fingerprint density at radius 1 is 1.26 bits per heavy atom. The van der Waals surface area contributed by atoms with Gasteiger partial charge in [-0.15, -0.1) is 5.11 Å². The number of aryl methyl sites for hydroxylation is 1. The molecule has 0 unspecified atom stereocenters. The van der Waals surface area contributed by atoms with Crippen molar-refractivity contribution in [1.29, 1.82) is 0 Å². The second kappa shape index (κ2) is 7.68. The van der Waals surface area contributed by atoms with E-state index in [1.165, 1.54) is 32.0 Å². The van der Waals surface area contributed by atoms with Gasteiger partial charge in [0.15, 0.2) is 5.69 Å². The van der Waals surface area contributed by atoms with E-state index in [2.05, 4.69) is 15.5 Å². The third-order valence-corrected chi connectivity index (χ3v) is 4.89. The largest absolute Gasteiger partial charge is 0.493 e. The summed E-state index contributed by atoms with van der Waals surface area (Å²) in [6.45, 7) is 4.75. The maximum Gasteiger partial charge on any atom is 0.294 e. The van der Waals surface area contributed by atoms with E-state index in [1.54, 1.807) is 6.92 Å². The van der Waals surface area contributed by atoms with Gasteiger partial charge in [-0.2, -0.15) is 13.5 Å². The van der Waals surface area contributed by atoms with Crippen LogP contribution >= 0.6 is 0 Å². The van der Waals surface area contributed by atoms with Crippen molar-refractivity contribution in [2.24, 2.45) is 10.2 Å². The van der Waals surface area contributed by atoms with Gasteiger partial charge in [-0.3, -0.25) is 18.7 Å². The fourth-order valence-electron chi connectivity index (χ4n) is 2.54. The minimum absolute atomic E-state index is 0.0164. The highest BCUT2D eigenvalue weighted by Crippen LogP contribution is 2.34. The molecule has 1 amide bonds. The molecular formula is C16H18N4O6S. The Balaban J connectivity index is 2.57. The summed E-state index contributed by atoms with van der Waals surface area (Å²) in [5.74, 6) is -0.411. The number of amides is 1. The number of carbonyl (C=O) groups is 1. The van der Waals surface area contributed by atoms with Crippen molar-refractivity contribution in [2.45, 2.75) is 32.2 Å². The average molecular weight is 394 g/mol. The molecule has 0 saturated heterocycles. The van der Waals surface area contributed by atoms with E-state index >= 15 is 0 Å². The molecular weight excluding hydrogens is 376 g/mol. The predicted molar refractivity (Wildman–Crippen MR) is 97.6 cm³/mol. The van der Waals surface area contributed by atoms with Crippen LogP contribution in [0.2, 0.25) is 0 Å². The molecule has 11 heteroatoms. The van der Waals surface area contributed by atoms with Gasteiger partial charge >= 0.3 is 0 Å². The highest BCUT2D eigenvalue weighted by atomic mass is 32.2. The molecule has 0 aliphatic carbocycles. The Labute approximate surface area is 154 Å². The van der Waals surface area contributed by atoms with Gasteiger partial charge in [0.2, 0.25) is 12.3 Å². The van der Waals surface area contributed by atoms with Crippen LogP contribution in [-0.2, 0) is 21.5 Å². The summed E-state index contributed by atoms with van der Waals surface area (Å²) in [5.41, 5.74) is 0.125. The van der Waals surface area contributed by atoms with Crippen LogP contribution in [-0.4, -0.2) is 29.1 Å². The Morgan fingerprint density at radius 3 is 2.44 bits per heavy atom. The summed E-state index contributed by atoms with van der Waals surface area (Å²) in [6, 6.07) is 3.89. The van der Waals surface area contributed by atoms with E-state index in [9.17, 15) is 23.1 Å². The second-order valence-corrected chi connectivity index (χ2v) is 7.00. The van der Waals surface area contributed by atoms with Gasteiger partial charge in [0.1, 0.15) is 5.69 Å². The van der Waals surface area contributed by atoms with Gasteiger partial charge in [0.05, 0.1) is 10.6 Å². The highest BCUT2D eigenvalue weighted by Gasteiger charge is 2.18. The minimum atomic E-state index is -4.35. The number of benzene rings is 1. The molecule has 27 heavy (non-hydrogen) atoms. The maximum atomic E-state index is 12.3. The number of hydrogen-bond donors (Lipinski definition) is 3. The fourth-order valence-corrected chi connectivity index (χ4v) is 3.25. The van der Waals surface area contributed by atoms with E-state index in [0.717, 1.165) is 4.57 Å². The van der Waals surface area contributed by atoms with Crippen LogP contribution in [0.4, 0.5) is 17.1 Å². The summed E-state index contributed by atoms with van der Waals surface area (Å²) in [6.07, 6.45) is 0.346. The molecule has 0 atom stereocenters. The number of hydrogen-bond acceptors (Lipinski definition) is 7. The van der Waals surface area contributed by atoms with Crippen LogP contribution in [0.1, 0.15) is 18.1 Å². The van der Waals surface area contributed by atoms with Crippen molar-refractivity contribution in [3.05, 3.63) is 39.7 Å². The van der Waals surface area contributed by atoms with Gasteiger partial charge in [-0.05, 0) is 44.5 Å². The summed E-state index contributed by atoms with van der Waals surface area (Å²) >= 11 is 0. The summed E-state index contributed by atoms with van der Waals surface area (Å²) in [7, 11) is -4.35. The lowest BCUT2D eigenvalue weighted by Crippen LogP contribution is -2.23. The van der Waals surface area contributed by atoms with Gasteiger partial charge in [0, 0.05) is 12.1 Å². The number of aromatic hydroxyl groups is 1. The Hall–Kier alpha value is -3.05. The first-order valence-electron chi connectivity index (χ1n) is 7.78. The van der Waals surface area contributed by atoms with Crippen LogP contribution < -0.4 is 10.9 Å². The lowest BCUT2D eigenvalue weighted by molar-refractivity contribution is -0.105. The summed E-state index contributed by atoms with van der Waals surface area (Å²) in [5, 5.41) is 20.5. The molecule has 0 radical (unpaired) electrons. The van der Waals surface area contributed by atoms with Gasteiger partial charge in [-0.1, -0.05) is 0 Å². The molecule has 2 aromatic rings. The van der Waals surface area contributed by atoms with Crippen LogP contribution in [0.15, 0.2) is 38.1 Å². The van der Waals surface area contributed by atoms with Crippen molar-refractivity contribution < 1.29 is 22.9 Å². The third kappa shape index (κ3) is 4.04. The number of anilines is 1. The predicted octanol–water partition coefficient (Wildman–Crippen LogP) is 2.42. The lowest BCUT2D eigenvalue weighted by atomic mass is 10.2. The summed E-state index contributed by atoms with van der Waals surface area (Å²) in [4.78, 5) is 22.8. The molecule has 1 aromatic carbocycles. The van der Waals surface area contributed by atoms with Gasteiger partial charge in [0.25, 0.3) is 15.7 Å². The Bertz CT molecular complexity index is 1090. The molecule has 10 nitrogen and oxygen atoms in total. The molecule has 1 aromatic heterocycles. The number of pyridine rings is 1. The first-order chi connectivity index (χ1) is 12.6. The molecule has 144 valence electrons. The van der Waals surface area contributed by atoms with E-state index in [0.29, 0.717) is 6.41 Å². The molecule has 0 spiro atoms. The molecule has 0 aliphatic heterocycles.